The van der Waals surface area contributed by atoms with E-state index in [9.17, 15) is 8.42 Å². The third-order valence-electron chi connectivity index (χ3n) is 0.404. The molecular formula is C2H5N3O3S3. The Kier molecular flexibility index (Phi) is 5.32. The number of nitrogens with two attached hydrogens (primary N) is 1. The van der Waals surface area contributed by atoms with Gasteiger partial charge in [0.1, 0.15) is 0 Å². The fourth-order valence-corrected chi connectivity index (χ4v) is 0.408. The SMILES string of the molecule is NSS(=O)(=O)O.c1csnn1. The van der Waals surface area contributed by atoms with Gasteiger partial charge in [-0.3, -0.25) is 9.69 Å². The third kappa shape index (κ3) is 9.78. The van der Waals surface area contributed by atoms with E-state index < -0.39 is 9.15 Å². The summed E-state index contributed by atoms with van der Waals surface area (Å²) in [5.41, 5.74) is 0. The standard InChI is InChI=1S/C2H2N2S.H3NO3S2/c1-2-5-4-3-1;1-5-6(2,3)4/h1-2H;1H2,(H,2,3,4). The van der Waals surface area contributed by atoms with Crippen molar-refractivity contribution < 1.29 is 13.0 Å². The van der Waals surface area contributed by atoms with E-state index >= 15 is 0 Å². The Morgan fingerprint density at radius 1 is 1.64 bits per heavy atom. The molecule has 3 N–H and O–H groups in total. The smallest absolute Gasteiger partial charge is 0.276 e. The maximum atomic E-state index is 9.39. The Balaban J connectivity index is 0.000000183. The van der Waals surface area contributed by atoms with Crippen LogP contribution in [0.1, 0.15) is 0 Å². The molecular weight excluding hydrogens is 210 g/mol. The average molecular weight is 215 g/mol. The number of hydrogen-bond acceptors (Lipinski definition) is 7. The second kappa shape index (κ2) is 5.43. The molecule has 0 unspecified atom stereocenters. The largest absolute Gasteiger partial charge is 0.333 e. The normalized spacial score (nSPS) is 10.0. The zero-order chi connectivity index (χ0) is 8.74. The lowest BCUT2D eigenvalue weighted by Crippen LogP contribution is -1.92. The van der Waals surface area contributed by atoms with Crippen molar-refractivity contribution >= 4 is 31.7 Å². The average Bonchev–Trinajstić information content (AvgIpc) is 2.41. The van der Waals surface area contributed by atoms with Crippen molar-refractivity contribution in [2.45, 2.75) is 0 Å². The minimum Gasteiger partial charge on any atom is -0.276 e. The molecule has 6 nitrogen and oxygen atoms in total. The van der Waals surface area contributed by atoms with Crippen LogP contribution in [0.5, 0.6) is 0 Å². The van der Waals surface area contributed by atoms with Crippen molar-refractivity contribution in [3.63, 3.8) is 0 Å². The quantitative estimate of drug-likeness (QED) is 0.384. The van der Waals surface area contributed by atoms with E-state index in [-0.39, 0.29) is 11.0 Å². The van der Waals surface area contributed by atoms with Crippen LogP contribution < -0.4 is 5.14 Å². The molecule has 0 radical (unpaired) electrons. The minimum atomic E-state index is -3.97. The number of aromatic nitrogens is 2. The van der Waals surface area contributed by atoms with Crippen LogP contribution in [0, 0.1) is 0 Å². The van der Waals surface area contributed by atoms with E-state index in [1.165, 1.54) is 11.5 Å². The van der Waals surface area contributed by atoms with Crippen LogP contribution in [-0.2, 0) is 9.15 Å². The maximum absolute atomic E-state index is 9.39. The molecule has 1 heterocycles. The van der Waals surface area contributed by atoms with Crippen LogP contribution >= 0.6 is 22.5 Å². The predicted molar refractivity (Wildman–Crippen MR) is 43.2 cm³/mol. The van der Waals surface area contributed by atoms with E-state index in [4.69, 9.17) is 4.55 Å². The summed E-state index contributed by atoms with van der Waals surface area (Å²) in [7, 11) is -4.06. The molecule has 9 heteroatoms. The van der Waals surface area contributed by atoms with Gasteiger partial charge >= 0.3 is 9.15 Å². The van der Waals surface area contributed by atoms with Crippen LogP contribution in [0.4, 0.5) is 0 Å². The second-order valence-electron chi connectivity index (χ2n) is 1.11. The molecule has 1 aromatic rings. The van der Waals surface area contributed by atoms with Crippen LogP contribution in [0.2, 0.25) is 0 Å². The second-order valence-corrected chi connectivity index (χ2v) is 4.65. The van der Waals surface area contributed by atoms with Gasteiger partial charge in [0.2, 0.25) is 0 Å². The molecule has 0 fully saturated rings. The van der Waals surface area contributed by atoms with Crippen molar-refractivity contribution in [1.29, 1.82) is 0 Å². The van der Waals surface area contributed by atoms with Gasteiger partial charge in [-0.1, -0.05) is 4.49 Å². The highest BCUT2D eigenvalue weighted by molar-refractivity contribution is 8.69. The lowest BCUT2D eigenvalue weighted by Gasteiger charge is -1.78. The molecule has 0 aliphatic rings. The maximum Gasteiger partial charge on any atom is 0.333 e. The topological polar surface area (TPSA) is 106 Å². The predicted octanol–water partition coefficient (Wildman–Crippen LogP) is -0.0658. The van der Waals surface area contributed by atoms with Crippen LogP contribution in [0.25, 0.3) is 0 Å². The number of nitrogens with zero attached hydrogens (tertiary/aromatic N) is 2. The monoisotopic (exact) mass is 215 g/mol. The van der Waals surface area contributed by atoms with Gasteiger partial charge in [0.05, 0.1) is 17.2 Å². The Bertz CT molecular complexity index is 238. The van der Waals surface area contributed by atoms with Crippen LogP contribution in [0.15, 0.2) is 11.6 Å². The van der Waals surface area contributed by atoms with E-state index in [1.807, 2.05) is 5.38 Å². The van der Waals surface area contributed by atoms with Gasteiger partial charge in [0.25, 0.3) is 0 Å². The summed E-state index contributed by atoms with van der Waals surface area (Å²) in [6.07, 6.45) is 1.66. The lowest BCUT2D eigenvalue weighted by atomic mass is 11.1. The number of hydrogen-bond donors (Lipinski definition) is 2. The summed E-state index contributed by atoms with van der Waals surface area (Å²) in [6.45, 7) is 0. The van der Waals surface area contributed by atoms with Crippen LogP contribution in [-0.4, -0.2) is 22.6 Å². The van der Waals surface area contributed by atoms with E-state index in [1.54, 1.807) is 6.20 Å². The Morgan fingerprint density at radius 2 is 2.18 bits per heavy atom. The molecule has 0 aliphatic heterocycles. The highest BCUT2D eigenvalue weighted by Crippen LogP contribution is 1.94. The Hall–Kier alpha value is -0.220. The fourth-order valence-electron chi connectivity index (χ4n) is 0.136. The molecule has 0 atom stereocenters. The van der Waals surface area contributed by atoms with E-state index in [2.05, 4.69) is 14.7 Å². The molecule has 0 bridgehead atoms. The van der Waals surface area contributed by atoms with Crippen molar-refractivity contribution in [2.75, 3.05) is 0 Å². The summed E-state index contributed by atoms with van der Waals surface area (Å²) in [6, 6.07) is 0. The first kappa shape index (κ1) is 10.8. The highest BCUT2D eigenvalue weighted by atomic mass is 33.2. The first-order chi connectivity index (χ1) is 5.06. The van der Waals surface area contributed by atoms with Crippen molar-refractivity contribution in [2.24, 2.45) is 5.14 Å². The molecule has 0 amide bonds. The molecule has 64 valence electrons. The molecule has 1 rings (SSSR count). The van der Waals surface area contributed by atoms with Gasteiger partial charge in [-0.25, -0.2) is 0 Å². The first-order valence-electron chi connectivity index (χ1n) is 2.13. The molecule has 0 aromatic carbocycles. The molecule has 1 aromatic heterocycles. The molecule has 0 spiro atoms. The highest BCUT2D eigenvalue weighted by Gasteiger charge is 1.95. The third-order valence-corrected chi connectivity index (χ3v) is 1.81. The van der Waals surface area contributed by atoms with E-state index in [0.29, 0.717) is 0 Å². The van der Waals surface area contributed by atoms with Gasteiger partial charge < -0.3 is 0 Å². The first-order valence-corrected chi connectivity index (χ1v) is 5.80. The van der Waals surface area contributed by atoms with Crippen LogP contribution in [0.3, 0.4) is 0 Å². The number of rotatable bonds is 1. The zero-order valence-electron chi connectivity index (χ0n) is 5.11. The lowest BCUT2D eigenvalue weighted by molar-refractivity contribution is 0.503. The molecule has 0 saturated carbocycles. The van der Waals surface area contributed by atoms with Gasteiger partial charge in [-0.15, -0.1) is 5.10 Å². The Labute approximate surface area is 71.3 Å². The van der Waals surface area contributed by atoms with Crippen molar-refractivity contribution in [3.05, 3.63) is 11.6 Å². The van der Waals surface area contributed by atoms with Gasteiger partial charge in [-0.05, 0) is 11.5 Å². The summed E-state index contributed by atoms with van der Waals surface area (Å²) in [5.74, 6) is 0. The van der Waals surface area contributed by atoms with Crippen molar-refractivity contribution in [3.8, 4) is 0 Å². The zero-order valence-corrected chi connectivity index (χ0v) is 7.56. The van der Waals surface area contributed by atoms with Crippen molar-refractivity contribution in [1.82, 2.24) is 9.59 Å². The summed E-state index contributed by atoms with van der Waals surface area (Å²) in [5, 5.41) is 9.69. The summed E-state index contributed by atoms with van der Waals surface area (Å²) < 4.78 is 29.9. The summed E-state index contributed by atoms with van der Waals surface area (Å²) in [4.78, 5) is 0. The molecule has 0 saturated heterocycles. The summed E-state index contributed by atoms with van der Waals surface area (Å²) >= 11 is 1.35. The van der Waals surface area contributed by atoms with Gasteiger partial charge in [0.15, 0.2) is 0 Å². The van der Waals surface area contributed by atoms with Gasteiger partial charge in [0, 0.05) is 5.38 Å². The molecule has 0 aliphatic carbocycles. The van der Waals surface area contributed by atoms with E-state index in [0.717, 1.165) is 0 Å². The Morgan fingerprint density at radius 3 is 2.27 bits per heavy atom. The minimum absolute atomic E-state index is 0.0903. The molecule has 11 heavy (non-hydrogen) atoms. The fraction of sp³-hybridized carbons (Fsp3) is 0. The van der Waals surface area contributed by atoms with Gasteiger partial charge in [-0.2, -0.15) is 8.42 Å².